The molecule has 2 aromatic heterocycles. The molecule has 3 N–H and O–H groups in total. The van der Waals surface area contributed by atoms with Crippen LogP contribution in [0, 0.1) is 12.7 Å². The third kappa shape index (κ3) is 5.25. The highest BCUT2D eigenvalue weighted by Gasteiger charge is 2.49. The van der Waals surface area contributed by atoms with E-state index in [1.807, 2.05) is 43.3 Å². The number of carbonyl (C=O) groups excluding carboxylic acids is 2. The maximum atomic E-state index is 13.6. The number of amides is 2. The number of nitrogens with zero attached hydrogens (tertiary/aromatic N) is 2. The van der Waals surface area contributed by atoms with E-state index in [1.54, 1.807) is 43.4 Å². The van der Waals surface area contributed by atoms with Gasteiger partial charge in [-0.25, -0.2) is 9.37 Å². The topological polar surface area (TPSA) is 113 Å². The molecule has 1 aliphatic carbocycles. The van der Waals surface area contributed by atoms with Gasteiger partial charge in [-0.3, -0.25) is 14.7 Å². The number of furan rings is 1. The van der Waals surface area contributed by atoms with Crippen molar-refractivity contribution >= 4 is 34.4 Å². The fourth-order valence-electron chi connectivity index (χ4n) is 5.56. The summed E-state index contributed by atoms with van der Waals surface area (Å²) in [5.41, 5.74) is 4.71. The predicted octanol–water partition coefficient (Wildman–Crippen LogP) is 7.43. The molecule has 2 amide bonds. The van der Waals surface area contributed by atoms with E-state index in [0.717, 1.165) is 35.1 Å². The Hall–Kier alpha value is -5.28. The Kier molecular flexibility index (Phi) is 6.97. The summed E-state index contributed by atoms with van der Waals surface area (Å²) in [5.74, 6) is 0.529. The Morgan fingerprint density at radius 1 is 0.933 bits per heavy atom. The van der Waals surface area contributed by atoms with Crippen LogP contribution in [0.3, 0.4) is 0 Å². The van der Waals surface area contributed by atoms with Gasteiger partial charge < -0.3 is 15.1 Å². The minimum atomic E-state index is -0.624. The average Bonchev–Trinajstić information content (AvgIpc) is 3.47. The number of aryl methyl sites for hydroxylation is 1. The molecule has 4 aromatic carbocycles. The van der Waals surface area contributed by atoms with Crippen LogP contribution in [0.5, 0.6) is 0 Å². The van der Waals surface area contributed by atoms with Crippen molar-refractivity contribution in [1.29, 1.82) is 0 Å². The van der Waals surface area contributed by atoms with Gasteiger partial charge in [0.15, 0.2) is 11.6 Å². The van der Waals surface area contributed by atoms with E-state index in [-0.39, 0.29) is 17.6 Å². The zero-order valence-electron chi connectivity index (χ0n) is 24.4. The number of H-pyrrole nitrogens is 1. The number of rotatable bonds is 7. The Morgan fingerprint density at radius 3 is 2.44 bits per heavy atom. The molecule has 0 bridgehead atoms. The Balaban J connectivity index is 1.20. The van der Waals surface area contributed by atoms with Gasteiger partial charge in [0.25, 0.3) is 11.8 Å². The first-order valence-electron chi connectivity index (χ1n) is 14.4. The van der Waals surface area contributed by atoms with Crippen molar-refractivity contribution in [3.8, 4) is 33.8 Å². The molecule has 7 rings (SSSR count). The zero-order chi connectivity index (χ0) is 31.3. The molecule has 0 radical (unpaired) electrons. The molecule has 1 fully saturated rings. The lowest BCUT2D eigenvalue weighted by Gasteiger charge is -2.16. The highest BCUT2D eigenvalue weighted by Crippen LogP contribution is 2.44. The smallest absolute Gasteiger partial charge is 0.255 e. The van der Waals surface area contributed by atoms with Crippen molar-refractivity contribution in [1.82, 2.24) is 25.8 Å². The number of hydrogen-bond donors (Lipinski definition) is 3. The minimum Gasteiger partial charge on any atom is -0.455 e. The monoisotopic (exact) mass is 619 g/mol. The molecule has 6 aromatic rings. The van der Waals surface area contributed by atoms with E-state index in [1.165, 1.54) is 12.1 Å². The summed E-state index contributed by atoms with van der Waals surface area (Å²) in [4.78, 5) is 31.3. The van der Waals surface area contributed by atoms with Crippen molar-refractivity contribution in [2.75, 3.05) is 7.05 Å². The number of halogens is 2. The van der Waals surface area contributed by atoms with Crippen LogP contribution in [-0.2, 0) is 5.54 Å². The van der Waals surface area contributed by atoms with E-state index in [9.17, 15) is 14.0 Å². The molecule has 0 atom stereocenters. The van der Waals surface area contributed by atoms with Gasteiger partial charge in [-0.2, -0.15) is 5.10 Å². The molecular weight excluding hydrogens is 593 g/mol. The first-order chi connectivity index (χ1) is 21.7. The van der Waals surface area contributed by atoms with E-state index in [4.69, 9.17) is 16.0 Å². The maximum absolute atomic E-state index is 13.6. The predicted molar refractivity (Wildman–Crippen MR) is 170 cm³/mol. The summed E-state index contributed by atoms with van der Waals surface area (Å²) in [5, 5.41) is 14.4. The van der Waals surface area contributed by atoms with Gasteiger partial charge in [-0.15, -0.1) is 0 Å². The Bertz CT molecular complexity index is 2110. The number of nitrogens with one attached hydrogen (secondary N) is 3. The van der Waals surface area contributed by atoms with Crippen molar-refractivity contribution in [2.45, 2.75) is 25.3 Å². The second-order valence-electron chi connectivity index (χ2n) is 11.2. The fourth-order valence-corrected chi connectivity index (χ4v) is 5.75. The van der Waals surface area contributed by atoms with Crippen molar-refractivity contribution in [3.63, 3.8) is 0 Å². The van der Waals surface area contributed by atoms with Crippen LogP contribution in [0.1, 0.15) is 44.9 Å². The lowest BCUT2D eigenvalue weighted by molar-refractivity contribution is 0.0927. The molecule has 8 nitrogen and oxygen atoms in total. The number of fused-ring (bicyclic) bond motifs is 1. The van der Waals surface area contributed by atoms with Crippen LogP contribution < -0.4 is 10.6 Å². The molecule has 0 unspecified atom stereocenters. The summed E-state index contributed by atoms with van der Waals surface area (Å²) >= 11 is 6.14. The second kappa shape index (κ2) is 11.0. The van der Waals surface area contributed by atoms with Gasteiger partial charge in [-0.1, -0.05) is 35.9 Å². The Morgan fingerprint density at radius 2 is 1.71 bits per heavy atom. The summed E-state index contributed by atoms with van der Waals surface area (Å²) in [6.45, 7) is 1.97. The number of carbonyl (C=O) groups is 2. The van der Waals surface area contributed by atoms with Gasteiger partial charge in [-0.05, 0) is 97.1 Å². The van der Waals surface area contributed by atoms with E-state index < -0.39 is 5.54 Å². The van der Waals surface area contributed by atoms with E-state index >= 15 is 0 Å². The molecule has 0 saturated heterocycles. The molecule has 45 heavy (non-hydrogen) atoms. The minimum absolute atomic E-state index is 0.233. The van der Waals surface area contributed by atoms with Crippen molar-refractivity contribution in [2.24, 2.45) is 0 Å². The SMILES string of the molecule is CNC(=O)c1c(-c2ccc(F)cc2)oc2ccc(-c3cc(C(=O)NC4(c5nc(-c6cccc(Cl)c6)n[nH]5)CC4)ccc3C)cc12. The Labute approximate surface area is 262 Å². The van der Waals surface area contributed by atoms with Crippen molar-refractivity contribution < 1.29 is 18.4 Å². The molecular formula is C35H27ClFN5O3. The third-order valence-electron chi connectivity index (χ3n) is 8.18. The first kappa shape index (κ1) is 28.5. The van der Waals surface area contributed by atoms with Crippen LogP contribution in [0.15, 0.2) is 89.3 Å². The normalized spacial score (nSPS) is 13.5. The summed E-state index contributed by atoms with van der Waals surface area (Å²) in [6, 6.07) is 24.2. The largest absolute Gasteiger partial charge is 0.455 e. The number of benzene rings is 4. The number of aromatic nitrogens is 3. The van der Waals surface area contributed by atoms with Gasteiger partial charge in [0.05, 0.1) is 11.1 Å². The maximum Gasteiger partial charge on any atom is 0.255 e. The molecule has 2 heterocycles. The van der Waals surface area contributed by atoms with E-state index in [2.05, 4.69) is 25.8 Å². The highest BCUT2D eigenvalue weighted by molar-refractivity contribution is 6.30. The van der Waals surface area contributed by atoms with Crippen LogP contribution in [-0.4, -0.2) is 34.0 Å². The summed E-state index contributed by atoms with van der Waals surface area (Å²) < 4.78 is 19.7. The highest BCUT2D eigenvalue weighted by atomic mass is 35.5. The molecule has 1 aliphatic rings. The average molecular weight is 620 g/mol. The molecule has 10 heteroatoms. The first-order valence-corrected chi connectivity index (χ1v) is 14.8. The summed E-state index contributed by atoms with van der Waals surface area (Å²) in [7, 11) is 1.55. The molecule has 224 valence electrons. The molecule has 0 aliphatic heterocycles. The van der Waals surface area contributed by atoms with Crippen molar-refractivity contribution in [3.05, 3.63) is 118 Å². The quantitative estimate of drug-likeness (QED) is 0.172. The van der Waals surface area contributed by atoms with Crippen LogP contribution >= 0.6 is 11.6 Å². The van der Waals surface area contributed by atoms with Crippen LogP contribution in [0.4, 0.5) is 4.39 Å². The van der Waals surface area contributed by atoms with Gasteiger partial charge in [0.2, 0.25) is 0 Å². The third-order valence-corrected chi connectivity index (χ3v) is 8.42. The number of aromatic amines is 1. The molecule has 0 spiro atoms. The zero-order valence-corrected chi connectivity index (χ0v) is 25.1. The van der Waals surface area contributed by atoms with Gasteiger partial charge >= 0.3 is 0 Å². The van der Waals surface area contributed by atoms with Crippen LogP contribution in [0.2, 0.25) is 5.02 Å². The van der Waals surface area contributed by atoms with E-state index in [0.29, 0.717) is 50.1 Å². The van der Waals surface area contributed by atoms with Gasteiger partial charge in [0.1, 0.15) is 17.2 Å². The van der Waals surface area contributed by atoms with Crippen LogP contribution in [0.25, 0.3) is 44.8 Å². The summed E-state index contributed by atoms with van der Waals surface area (Å²) in [6.07, 6.45) is 1.47. The lowest BCUT2D eigenvalue weighted by atomic mass is 9.95. The van der Waals surface area contributed by atoms with Gasteiger partial charge in [0, 0.05) is 34.1 Å². The molecule has 1 saturated carbocycles. The standard InChI is InChI=1S/C35H27ClFN5O3/c1-19-6-7-23(32(43)40-35(14-15-35)34-39-31(41-42-34)22-4-3-5-24(36)16-22)18-26(19)21-10-13-28-27(17-21)29(33(44)38-2)30(45-28)20-8-11-25(37)12-9-20/h3-13,16-18H,14-15H2,1-2H3,(H,38,44)(H,40,43)(H,39,41,42). The fraction of sp³-hybridized carbons (Fsp3) is 0.143. The number of hydrogen-bond acceptors (Lipinski definition) is 5. The second-order valence-corrected chi connectivity index (χ2v) is 11.6. The lowest BCUT2D eigenvalue weighted by Crippen LogP contribution is -2.35.